The fourth-order valence-corrected chi connectivity index (χ4v) is 4.55. The van der Waals surface area contributed by atoms with Crippen molar-refractivity contribution in [3.05, 3.63) is 47.6 Å². The van der Waals surface area contributed by atoms with E-state index in [0.29, 0.717) is 29.9 Å². The molecule has 2 aliphatic rings. The predicted molar refractivity (Wildman–Crippen MR) is 112 cm³/mol. The Morgan fingerprint density at radius 2 is 1.77 bits per heavy atom. The van der Waals surface area contributed by atoms with Gasteiger partial charge in [0.05, 0.1) is 0 Å². The Morgan fingerprint density at radius 1 is 1.07 bits per heavy atom. The maximum absolute atomic E-state index is 13.6. The van der Waals surface area contributed by atoms with Crippen molar-refractivity contribution in [1.82, 2.24) is 19.7 Å². The SMILES string of the molecule is Cn1nc(-c2ccc(N3CC4CC(F)(F)CC4C3)nc2)nc1Nc1ccc(Cl)cc1. The quantitative estimate of drug-likeness (QED) is 0.647. The van der Waals surface area contributed by atoms with Gasteiger partial charge in [-0.15, -0.1) is 5.10 Å². The molecule has 3 aromatic rings. The number of pyridine rings is 1. The van der Waals surface area contributed by atoms with E-state index in [9.17, 15) is 8.78 Å². The van der Waals surface area contributed by atoms with Crippen LogP contribution >= 0.6 is 11.6 Å². The summed E-state index contributed by atoms with van der Waals surface area (Å²) in [7, 11) is 1.81. The fourth-order valence-electron chi connectivity index (χ4n) is 4.42. The van der Waals surface area contributed by atoms with Gasteiger partial charge in [-0.1, -0.05) is 11.6 Å². The number of anilines is 3. The summed E-state index contributed by atoms with van der Waals surface area (Å²) in [6, 6.07) is 11.2. The Bertz CT molecular complexity index is 1030. The highest BCUT2D eigenvalue weighted by Crippen LogP contribution is 2.47. The average molecular weight is 431 g/mol. The van der Waals surface area contributed by atoms with E-state index in [1.807, 2.05) is 31.3 Å². The lowest BCUT2D eigenvalue weighted by atomic mass is 10.0. The molecule has 6 nitrogen and oxygen atoms in total. The van der Waals surface area contributed by atoms with Crippen LogP contribution < -0.4 is 10.2 Å². The van der Waals surface area contributed by atoms with E-state index < -0.39 is 5.92 Å². The molecule has 2 fully saturated rings. The van der Waals surface area contributed by atoms with Crippen LogP contribution in [0.2, 0.25) is 5.02 Å². The second-order valence-corrected chi connectivity index (χ2v) is 8.55. The Balaban J connectivity index is 1.29. The van der Waals surface area contributed by atoms with Crippen molar-refractivity contribution in [3.8, 4) is 11.4 Å². The van der Waals surface area contributed by atoms with Gasteiger partial charge in [0.25, 0.3) is 0 Å². The third-order valence-electron chi connectivity index (χ3n) is 5.89. The molecule has 1 saturated heterocycles. The second-order valence-electron chi connectivity index (χ2n) is 8.11. The number of aryl methyl sites for hydroxylation is 1. The van der Waals surface area contributed by atoms with Crippen molar-refractivity contribution >= 4 is 29.1 Å². The molecular weight excluding hydrogens is 410 g/mol. The first-order chi connectivity index (χ1) is 14.4. The lowest BCUT2D eigenvalue weighted by Gasteiger charge is -2.20. The summed E-state index contributed by atoms with van der Waals surface area (Å²) in [5, 5.41) is 8.35. The summed E-state index contributed by atoms with van der Waals surface area (Å²) in [5.41, 5.74) is 1.66. The highest BCUT2D eigenvalue weighted by atomic mass is 35.5. The largest absolute Gasteiger partial charge is 0.356 e. The first kappa shape index (κ1) is 19.2. The minimum atomic E-state index is -2.50. The Hall–Kier alpha value is -2.74. The molecule has 1 aliphatic heterocycles. The van der Waals surface area contributed by atoms with Gasteiger partial charge in [-0.25, -0.2) is 18.4 Å². The van der Waals surface area contributed by atoms with Gasteiger partial charge in [0.2, 0.25) is 11.9 Å². The summed E-state index contributed by atoms with van der Waals surface area (Å²) < 4.78 is 28.8. The molecule has 30 heavy (non-hydrogen) atoms. The molecular formula is C21H21ClF2N6. The molecule has 2 atom stereocenters. The topological polar surface area (TPSA) is 58.9 Å². The monoisotopic (exact) mass is 430 g/mol. The summed E-state index contributed by atoms with van der Waals surface area (Å²) >= 11 is 5.93. The van der Waals surface area contributed by atoms with E-state index in [-0.39, 0.29) is 24.7 Å². The summed E-state index contributed by atoms with van der Waals surface area (Å²) in [6.07, 6.45) is 1.72. The average Bonchev–Trinajstić information content (AvgIpc) is 3.34. The summed E-state index contributed by atoms with van der Waals surface area (Å²) in [4.78, 5) is 11.2. The van der Waals surface area contributed by atoms with Gasteiger partial charge in [-0.2, -0.15) is 4.98 Å². The minimum absolute atomic E-state index is 0.00645. The second kappa shape index (κ2) is 7.19. The Morgan fingerprint density at radius 3 is 2.40 bits per heavy atom. The van der Waals surface area contributed by atoms with Crippen LogP contribution in [-0.4, -0.2) is 38.8 Å². The molecule has 0 radical (unpaired) electrons. The zero-order valence-electron chi connectivity index (χ0n) is 16.4. The maximum Gasteiger partial charge on any atom is 0.248 e. The van der Waals surface area contributed by atoms with Gasteiger partial charge >= 0.3 is 0 Å². The lowest BCUT2D eigenvalue weighted by Crippen LogP contribution is -2.24. The number of benzene rings is 1. The smallest absolute Gasteiger partial charge is 0.248 e. The molecule has 9 heteroatoms. The first-order valence-corrected chi connectivity index (χ1v) is 10.3. The van der Waals surface area contributed by atoms with Crippen molar-refractivity contribution in [2.75, 3.05) is 23.3 Å². The zero-order chi connectivity index (χ0) is 20.9. The Kier molecular flexibility index (Phi) is 4.61. The number of nitrogens with one attached hydrogen (secondary N) is 1. The number of hydrogen-bond acceptors (Lipinski definition) is 5. The van der Waals surface area contributed by atoms with E-state index in [0.717, 1.165) is 17.1 Å². The third kappa shape index (κ3) is 3.71. The van der Waals surface area contributed by atoms with E-state index in [2.05, 4.69) is 25.3 Å². The van der Waals surface area contributed by atoms with Crippen LogP contribution in [0.25, 0.3) is 11.4 Å². The summed E-state index contributed by atoms with van der Waals surface area (Å²) in [6.45, 7) is 1.28. The van der Waals surface area contributed by atoms with E-state index in [4.69, 9.17) is 11.6 Å². The molecule has 0 amide bonds. The number of aromatic nitrogens is 4. The molecule has 1 aliphatic carbocycles. The van der Waals surface area contributed by atoms with Crippen LogP contribution in [0.5, 0.6) is 0 Å². The van der Waals surface area contributed by atoms with Crippen LogP contribution in [0.15, 0.2) is 42.6 Å². The third-order valence-corrected chi connectivity index (χ3v) is 6.14. The summed E-state index contributed by atoms with van der Waals surface area (Å²) in [5.74, 6) is -0.412. The molecule has 1 saturated carbocycles. The predicted octanol–water partition coefficient (Wildman–Crippen LogP) is 4.76. The highest BCUT2D eigenvalue weighted by molar-refractivity contribution is 6.30. The van der Waals surface area contributed by atoms with Gasteiger partial charge in [-0.3, -0.25) is 0 Å². The molecule has 0 bridgehead atoms. The van der Waals surface area contributed by atoms with Crippen LogP contribution in [0.3, 0.4) is 0 Å². The molecule has 0 spiro atoms. The highest BCUT2D eigenvalue weighted by Gasteiger charge is 2.50. The van der Waals surface area contributed by atoms with E-state index >= 15 is 0 Å². The molecule has 1 aromatic carbocycles. The van der Waals surface area contributed by atoms with Crippen molar-refractivity contribution in [1.29, 1.82) is 0 Å². The number of hydrogen-bond donors (Lipinski definition) is 1. The van der Waals surface area contributed by atoms with Gasteiger partial charge in [0.15, 0.2) is 5.82 Å². The number of rotatable bonds is 4. The van der Waals surface area contributed by atoms with Crippen LogP contribution in [0.4, 0.5) is 26.2 Å². The number of fused-ring (bicyclic) bond motifs is 1. The fraction of sp³-hybridized carbons (Fsp3) is 0.381. The minimum Gasteiger partial charge on any atom is -0.356 e. The van der Waals surface area contributed by atoms with Crippen molar-refractivity contribution < 1.29 is 8.78 Å². The number of nitrogens with zero attached hydrogens (tertiary/aromatic N) is 5. The molecule has 2 unspecified atom stereocenters. The maximum atomic E-state index is 13.6. The number of alkyl halides is 2. The van der Waals surface area contributed by atoms with Gasteiger partial charge in [0.1, 0.15) is 5.82 Å². The van der Waals surface area contributed by atoms with Crippen molar-refractivity contribution in [2.45, 2.75) is 18.8 Å². The van der Waals surface area contributed by atoms with Gasteiger partial charge in [-0.05, 0) is 48.2 Å². The molecule has 1 N–H and O–H groups in total. The normalized spacial score (nSPS) is 22.3. The zero-order valence-corrected chi connectivity index (χ0v) is 17.2. The molecule has 2 aromatic heterocycles. The molecule has 3 heterocycles. The number of halogens is 3. The van der Waals surface area contributed by atoms with Crippen molar-refractivity contribution in [3.63, 3.8) is 0 Å². The van der Waals surface area contributed by atoms with Crippen LogP contribution in [0, 0.1) is 11.8 Å². The van der Waals surface area contributed by atoms with E-state index in [1.54, 1.807) is 23.0 Å². The van der Waals surface area contributed by atoms with Crippen LogP contribution in [0.1, 0.15) is 12.8 Å². The van der Waals surface area contributed by atoms with Crippen molar-refractivity contribution in [2.24, 2.45) is 18.9 Å². The molecule has 156 valence electrons. The standard InChI is InChI=1S/C21H21ClF2N6/c1-29-20(26-17-5-3-16(22)4-6-17)27-19(28-29)13-2-7-18(25-10-13)30-11-14-8-21(23,24)9-15(14)12-30/h2-7,10,14-15H,8-9,11-12H2,1H3,(H,26,27,28). The van der Waals surface area contributed by atoms with Gasteiger partial charge < -0.3 is 10.2 Å². The van der Waals surface area contributed by atoms with E-state index in [1.165, 1.54) is 0 Å². The first-order valence-electron chi connectivity index (χ1n) is 9.89. The lowest BCUT2D eigenvalue weighted by molar-refractivity contribution is 0.00173. The van der Waals surface area contributed by atoms with Gasteiger partial charge in [0, 0.05) is 55.4 Å². The Labute approximate surface area is 177 Å². The van der Waals surface area contributed by atoms with Crippen LogP contribution in [-0.2, 0) is 7.05 Å². The molecule has 5 rings (SSSR count).